The van der Waals surface area contributed by atoms with Crippen molar-refractivity contribution in [1.82, 2.24) is 25.9 Å². The van der Waals surface area contributed by atoms with E-state index < -0.39 is 6.04 Å². The van der Waals surface area contributed by atoms with E-state index in [0.717, 1.165) is 0 Å². The van der Waals surface area contributed by atoms with Gasteiger partial charge < -0.3 is 11.1 Å². The SMILES string of the molecule is CCC(N)C(=O)NCc1nn[nH]n1. The molecule has 72 valence electrons. The number of nitrogens with two attached hydrogens (primary N) is 1. The Hall–Kier alpha value is -1.50. The molecule has 0 saturated heterocycles. The van der Waals surface area contributed by atoms with E-state index in [1.54, 1.807) is 0 Å². The van der Waals surface area contributed by atoms with Crippen LogP contribution in [-0.2, 0) is 11.3 Å². The maximum absolute atomic E-state index is 11.1. The summed E-state index contributed by atoms with van der Waals surface area (Å²) in [6.45, 7) is 2.10. The molecule has 0 aliphatic carbocycles. The van der Waals surface area contributed by atoms with Crippen LogP contribution in [0.1, 0.15) is 19.2 Å². The number of carbonyl (C=O) groups is 1. The lowest BCUT2D eigenvalue weighted by Crippen LogP contribution is -2.39. The zero-order valence-corrected chi connectivity index (χ0v) is 7.32. The summed E-state index contributed by atoms with van der Waals surface area (Å²) < 4.78 is 0. The number of carbonyl (C=O) groups excluding carboxylic acids is 1. The Kier molecular flexibility index (Phi) is 3.32. The molecular weight excluding hydrogens is 172 g/mol. The molecule has 1 rings (SSSR count). The van der Waals surface area contributed by atoms with Gasteiger partial charge in [-0.2, -0.15) is 5.21 Å². The summed E-state index contributed by atoms with van der Waals surface area (Å²) in [4.78, 5) is 11.1. The second-order valence-electron chi connectivity index (χ2n) is 2.56. The quantitative estimate of drug-likeness (QED) is 0.530. The van der Waals surface area contributed by atoms with Gasteiger partial charge in [0.2, 0.25) is 5.91 Å². The first-order valence-corrected chi connectivity index (χ1v) is 3.99. The van der Waals surface area contributed by atoms with E-state index in [-0.39, 0.29) is 12.5 Å². The summed E-state index contributed by atoms with van der Waals surface area (Å²) in [6.07, 6.45) is 0.609. The molecule has 0 radical (unpaired) electrons. The van der Waals surface area contributed by atoms with E-state index in [9.17, 15) is 4.79 Å². The standard InChI is InChI=1S/C6H12N6O/c1-2-4(7)6(13)8-3-5-9-11-12-10-5/h4H,2-3,7H2,1H3,(H,8,13)(H,9,10,11,12). The summed E-state index contributed by atoms with van der Waals surface area (Å²) in [7, 11) is 0. The predicted octanol–water partition coefficient (Wildman–Crippen LogP) is -1.45. The van der Waals surface area contributed by atoms with Gasteiger partial charge in [0.15, 0.2) is 5.82 Å². The lowest BCUT2D eigenvalue weighted by atomic mass is 10.2. The third kappa shape index (κ3) is 2.79. The fraction of sp³-hybridized carbons (Fsp3) is 0.667. The van der Waals surface area contributed by atoms with Crippen LogP contribution in [0.4, 0.5) is 0 Å². The van der Waals surface area contributed by atoms with Crippen LogP contribution in [0.5, 0.6) is 0 Å². The van der Waals surface area contributed by atoms with Crippen molar-refractivity contribution in [2.75, 3.05) is 0 Å². The third-order valence-corrected chi connectivity index (χ3v) is 1.59. The summed E-state index contributed by atoms with van der Waals surface area (Å²) >= 11 is 0. The van der Waals surface area contributed by atoms with Crippen molar-refractivity contribution in [2.45, 2.75) is 25.9 Å². The molecule has 0 aliphatic heterocycles. The molecule has 1 atom stereocenters. The van der Waals surface area contributed by atoms with Crippen LogP contribution in [0.3, 0.4) is 0 Å². The normalized spacial score (nSPS) is 12.5. The summed E-state index contributed by atoms with van der Waals surface area (Å²) in [5.41, 5.74) is 5.48. The fourth-order valence-electron chi connectivity index (χ4n) is 0.740. The summed E-state index contributed by atoms with van der Waals surface area (Å²) in [6, 6.07) is -0.466. The molecule has 0 bridgehead atoms. The molecule has 0 aromatic carbocycles. The second kappa shape index (κ2) is 4.51. The largest absolute Gasteiger partial charge is 0.347 e. The van der Waals surface area contributed by atoms with Crippen LogP contribution in [0, 0.1) is 0 Å². The van der Waals surface area contributed by atoms with Gasteiger partial charge in [0, 0.05) is 0 Å². The molecule has 7 nitrogen and oxygen atoms in total. The maximum Gasteiger partial charge on any atom is 0.237 e. The van der Waals surface area contributed by atoms with Crippen LogP contribution in [0.2, 0.25) is 0 Å². The van der Waals surface area contributed by atoms with Crippen LogP contribution in [0.15, 0.2) is 0 Å². The van der Waals surface area contributed by atoms with Crippen LogP contribution in [-0.4, -0.2) is 32.6 Å². The molecule has 1 amide bonds. The Morgan fingerprint density at radius 2 is 2.54 bits per heavy atom. The highest BCUT2D eigenvalue weighted by atomic mass is 16.2. The third-order valence-electron chi connectivity index (χ3n) is 1.59. The minimum Gasteiger partial charge on any atom is -0.347 e. The lowest BCUT2D eigenvalue weighted by Gasteiger charge is -2.07. The van der Waals surface area contributed by atoms with Crippen molar-refractivity contribution < 1.29 is 4.79 Å². The number of tetrazole rings is 1. The van der Waals surface area contributed by atoms with Gasteiger partial charge in [0.25, 0.3) is 0 Å². The average molecular weight is 184 g/mol. The maximum atomic E-state index is 11.1. The van der Waals surface area contributed by atoms with Crippen molar-refractivity contribution in [3.05, 3.63) is 5.82 Å². The first-order chi connectivity index (χ1) is 6.24. The Labute approximate surface area is 75.1 Å². The van der Waals surface area contributed by atoms with Gasteiger partial charge in [-0.05, 0) is 6.42 Å². The second-order valence-corrected chi connectivity index (χ2v) is 2.56. The average Bonchev–Trinajstić information content (AvgIpc) is 2.65. The Balaban J connectivity index is 2.31. The van der Waals surface area contributed by atoms with Gasteiger partial charge in [-0.1, -0.05) is 12.1 Å². The molecule has 7 heteroatoms. The molecule has 1 unspecified atom stereocenters. The van der Waals surface area contributed by atoms with Crippen LogP contribution < -0.4 is 11.1 Å². The van der Waals surface area contributed by atoms with Crippen molar-refractivity contribution in [3.63, 3.8) is 0 Å². The Morgan fingerprint density at radius 3 is 3.08 bits per heavy atom. The van der Waals surface area contributed by atoms with Gasteiger partial charge >= 0.3 is 0 Å². The zero-order chi connectivity index (χ0) is 9.68. The van der Waals surface area contributed by atoms with E-state index in [2.05, 4.69) is 25.9 Å². The van der Waals surface area contributed by atoms with Crippen molar-refractivity contribution in [2.24, 2.45) is 5.73 Å². The van der Waals surface area contributed by atoms with Gasteiger partial charge in [0.05, 0.1) is 12.6 Å². The number of H-pyrrole nitrogens is 1. The number of rotatable bonds is 4. The molecule has 0 aliphatic rings. The monoisotopic (exact) mass is 184 g/mol. The van der Waals surface area contributed by atoms with Crippen LogP contribution in [0.25, 0.3) is 0 Å². The summed E-state index contributed by atoms with van der Waals surface area (Å²) in [5.74, 6) is 0.240. The molecule has 0 saturated carbocycles. The fourth-order valence-corrected chi connectivity index (χ4v) is 0.740. The highest BCUT2D eigenvalue weighted by molar-refractivity contribution is 5.81. The lowest BCUT2D eigenvalue weighted by molar-refractivity contribution is -0.122. The minimum absolute atomic E-state index is 0.202. The number of nitrogens with zero attached hydrogens (tertiary/aromatic N) is 3. The van der Waals surface area contributed by atoms with E-state index in [1.165, 1.54) is 0 Å². The van der Waals surface area contributed by atoms with Gasteiger partial charge in [-0.25, -0.2) is 0 Å². The topological polar surface area (TPSA) is 110 Å². The molecule has 1 aromatic rings. The number of hydrogen-bond donors (Lipinski definition) is 3. The molecule has 0 fully saturated rings. The van der Waals surface area contributed by atoms with Crippen molar-refractivity contribution in [1.29, 1.82) is 0 Å². The predicted molar refractivity (Wildman–Crippen MR) is 44.3 cm³/mol. The Bertz CT molecular complexity index is 258. The molecule has 4 N–H and O–H groups in total. The van der Waals surface area contributed by atoms with E-state index in [4.69, 9.17) is 5.73 Å². The molecule has 1 aromatic heterocycles. The van der Waals surface area contributed by atoms with Gasteiger partial charge in [-0.15, -0.1) is 10.2 Å². The molecule has 13 heavy (non-hydrogen) atoms. The number of aromatic amines is 1. The van der Waals surface area contributed by atoms with Gasteiger partial charge in [0.1, 0.15) is 0 Å². The van der Waals surface area contributed by atoms with E-state index >= 15 is 0 Å². The highest BCUT2D eigenvalue weighted by Gasteiger charge is 2.10. The van der Waals surface area contributed by atoms with Crippen molar-refractivity contribution in [3.8, 4) is 0 Å². The zero-order valence-electron chi connectivity index (χ0n) is 7.32. The molecule has 0 spiro atoms. The molecule has 1 heterocycles. The van der Waals surface area contributed by atoms with Gasteiger partial charge in [-0.3, -0.25) is 4.79 Å². The van der Waals surface area contributed by atoms with E-state index in [1.807, 2.05) is 6.92 Å². The number of aromatic nitrogens is 4. The van der Waals surface area contributed by atoms with Crippen LogP contribution >= 0.6 is 0 Å². The number of amides is 1. The van der Waals surface area contributed by atoms with Crippen molar-refractivity contribution >= 4 is 5.91 Å². The summed E-state index contributed by atoms with van der Waals surface area (Å²) in [5, 5.41) is 15.6. The minimum atomic E-state index is -0.466. The first kappa shape index (κ1) is 9.59. The smallest absolute Gasteiger partial charge is 0.237 e. The highest BCUT2D eigenvalue weighted by Crippen LogP contribution is 1.87. The van der Waals surface area contributed by atoms with E-state index in [0.29, 0.717) is 12.2 Å². The number of hydrogen-bond acceptors (Lipinski definition) is 5. The first-order valence-electron chi connectivity index (χ1n) is 3.99. The number of nitrogens with one attached hydrogen (secondary N) is 2. The Morgan fingerprint density at radius 1 is 1.77 bits per heavy atom. The molecular formula is C6H12N6O.